The smallest absolute Gasteiger partial charge is 0.301 e. The zero-order valence-electron chi connectivity index (χ0n) is 10.8. The molecule has 1 aromatic heterocycles. The highest BCUT2D eigenvalue weighted by Gasteiger charge is 2.19. The first-order valence-electron chi connectivity index (χ1n) is 5.82. The van der Waals surface area contributed by atoms with Gasteiger partial charge < -0.3 is 4.98 Å². The topological polar surface area (TPSA) is 152 Å². The largest absolute Gasteiger partial charge is 0.357 e. The maximum atomic E-state index is 11.4. The molecule has 0 saturated carbocycles. The van der Waals surface area contributed by atoms with E-state index in [1.807, 2.05) is 0 Å². The number of aromatic amines is 2. The number of nitro groups is 2. The van der Waals surface area contributed by atoms with Crippen LogP contribution >= 0.6 is 0 Å². The predicted molar refractivity (Wildman–Crippen MR) is 76.4 cm³/mol. The summed E-state index contributed by atoms with van der Waals surface area (Å²) in [6.07, 6.45) is 2.27. The van der Waals surface area contributed by atoms with E-state index in [2.05, 4.69) is 4.98 Å². The van der Waals surface area contributed by atoms with E-state index in [1.54, 1.807) is 11.1 Å². The lowest BCUT2D eigenvalue weighted by molar-refractivity contribution is -0.386. The third-order valence-corrected chi connectivity index (χ3v) is 2.69. The number of nitrogens with one attached hydrogen (secondary N) is 2. The summed E-state index contributed by atoms with van der Waals surface area (Å²) >= 11 is 0. The molecule has 0 aliphatic heterocycles. The molecule has 0 bridgehead atoms. The number of hydrogen-bond donors (Lipinski definition) is 2. The van der Waals surface area contributed by atoms with E-state index < -0.39 is 26.8 Å². The molecule has 2 aromatic rings. The predicted octanol–water partition coefficient (Wildman–Crippen LogP) is 1.05. The Bertz CT molecular complexity index is 895. The van der Waals surface area contributed by atoms with Gasteiger partial charge in [0.2, 0.25) is 0 Å². The van der Waals surface area contributed by atoms with E-state index >= 15 is 0 Å². The van der Waals surface area contributed by atoms with Crippen LogP contribution in [0.5, 0.6) is 0 Å². The molecule has 0 fully saturated rings. The average Bonchev–Trinajstić information content (AvgIpc) is 2.44. The number of rotatable bonds is 4. The summed E-state index contributed by atoms with van der Waals surface area (Å²) < 4.78 is 0. The van der Waals surface area contributed by atoms with Gasteiger partial charge in [0.15, 0.2) is 0 Å². The van der Waals surface area contributed by atoms with Gasteiger partial charge in [-0.05, 0) is 18.2 Å². The number of para-hydroxylation sites is 1. The van der Waals surface area contributed by atoms with Crippen molar-refractivity contribution in [1.29, 1.82) is 0 Å². The molecule has 0 radical (unpaired) electrons. The normalized spacial score (nSPS) is 10.7. The zero-order chi connectivity index (χ0) is 16.3. The van der Waals surface area contributed by atoms with Crippen LogP contribution in [0.2, 0.25) is 0 Å². The fourth-order valence-electron chi connectivity index (χ4n) is 1.77. The van der Waals surface area contributed by atoms with Crippen LogP contribution in [0.4, 0.5) is 11.4 Å². The van der Waals surface area contributed by atoms with E-state index in [0.717, 1.165) is 6.08 Å². The Kier molecular flexibility index (Phi) is 3.93. The minimum atomic E-state index is -1.16. The molecule has 10 nitrogen and oxygen atoms in total. The van der Waals surface area contributed by atoms with E-state index in [-0.39, 0.29) is 16.9 Å². The van der Waals surface area contributed by atoms with Crippen LogP contribution in [0.1, 0.15) is 11.3 Å². The lowest BCUT2D eigenvalue weighted by Crippen LogP contribution is -2.25. The zero-order valence-corrected chi connectivity index (χ0v) is 10.8. The first-order chi connectivity index (χ1) is 10.4. The minimum absolute atomic E-state index is 0.169. The molecular weight excluding hydrogens is 296 g/mol. The van der Waals surface area contributed by atoms with Crippen molar-refractivity contribution in [2.75, 3.05) is 0 Å². The second-order valence-corrected chi connectivity index (χ2v) is 4.08. The van der Waals surface area contributed by atoms with Gasteiger partial charge in [-0.25, -0.2) is 4.79 Å². The second kappa shape index (κ2) is 5.83. The second-order valence-electron chi connectivity index (χ2n) is 4.08. The number of aromatic nitrogens is 2. The number of benzene rings is 1. The SMILES string of the molecule is O=c1[nH]c(/C=C\c2ccccc2[N+](=O)[O-])c([N+](=O)[O-])c(=O)[nH]1. The van der Waals surface area contributed by atoms with Crippen LogP contribution in [0, 0.1) is 20.2 Å². The standard InChI is InChI=1S/C12H8N4O6/c17-11-10(16(21)22)8(13-12(18)14-11)6-5-7-3-1-2-4-9(7)15(19)20/h1-6H,(H2,13,14,17,18)/b6-5-. The van der Waals surface area contributed by atoms with Crippen molar-refractivity contribution in [3.05, 3.63) is 76.6 Å². The minimum Gasteiger partial charge on any atom is -0.301 e. The highest BCUT2D eigenvalue weighted by atomic mass is 16.6. The first kappa shape index (κ1) is 14.8. The van der Waals surface area contributed by atoms with Crippen molar-refractivity contribution in [3.63, 3.8) is 0 Å². The lowest BCUT2D eigenvalue weighted by Gasteiger charge is -1.98. The quantitative estimate of drug-likeness (QED) is 0.636. The van der Waals surface area contributed by atoms with Gasteiger partial charge in [-0.3, -0.25) is 30.0 Å². The molecule has 0 unspecified atom stereocenters. The summed E-state index contributed by atoms with van der Waals surface area (Å²) in [5.74, 6) is 0. The molecule has 1 aromatic carbocycles. The maximum Gasteiger partial charge on any atom is 0.357 e. The lowest BCUT2D eigenvalue weighted by atomic mass is 10.1. The van der Waals surface area contributed by atoms with Crippen LogP contribution in [-0.2, 0) is 0 Å². The molecule has 0 spiro atoms. The van der Waals surface area contributed by atoms with Crippen LogP contribution in [0.25, 0.3) is 12.2 Å². The first-order valence-corrected chi connectivity index (χ1v) is 5.82. The van der Waals surface area contributed by atoms with Gasteiger partial charge in [-0.1, -0.05) is 12.1 Å². The Morgan fingerprint density at radius 2 is 1.64 bits per heavy atom. The van der Waals surface area contributed by atoms with E-state index in [0.29, 0.717) is 0 Å². The molecule has 10 heteroatoms. The van der Waals surface area contributed by atoms with Crippen LogP contribution < -0.4 is 11.2 Å². The summed E-state index contributed by atoms with van der Waals surface area (Å²) in [6.45, 7) is 0. The summed E-state index contributed by atoms with van der Waals surface area (Å²) in [7, 11) is 0. The van der Waals surface area contributed by atoms with E-state index in [9.17, 15) is 29.8 Å². The van der Waals surface area contributed by atoms with Crippen LogP contribution in [-0.4, -0.2) is 19.8 Å². The van der Waals surface area contributed by atoms with Crippen molar-refractivity contribution in [1.82, 2.24) is 9.97 Å². The van der Waals surface area contributed by atoms with Crippen molar-refractivity contribution < 1.29 is 9.85 Å². The van der Waals surface area contributed by atoms with Crippen molar-refractivity contribution in [2.45, 2.75) is 0 Å². The molecule has 0 saturated heterocycles. The number of nitro benzene ring substituents is 1. The number of hydrogen-bond acceptors (Lipinski definition) is 6. The van der Waals surface area contributed by atoms with E-state index in [1.165, 1.54) is 24.3 Å². The van der Waals surface area contributed by atoms with Gasteiger partial charge in [-0.2, -0.15) is 0 Å². The van der Waals surface area contributed by atoms with Crippen molar-refractivity contribution in [2.24, 2.45) is 0 Å². The van der Waals surface area contributed by atoms with Gasteiger partial charge in [0, 0.05) is 6.07 Å². The maximum absolute atomic E-state index is 11.4. The third kappa shape index (κ3) is 2.95. The molecule has 1 heterocycles. The molecule has 2 N–H and O–H groups in total. The monoisotopic (exact) mass is 304 g/mol. The van der Waals surface area contributed by atoms with Crippen LogP contribution in [0.15, 0.2) is 33.9 Å². The van der Waals surface area contributed by atoms with Crippen LogP contribution in [0.3, 0.4) is 0 Å². The number of H-pyrrole nitrogens is 2. The summed E-state index contributed by atoms with van der Waals surface area (Å²) in [4.78, 5) is 46.6. The molecule has 112 valence electrons. The van der Waals surface area contributed by atoms with Gasteiger partial charge in [0.1, 0.15) is 5.69 Å². The van der Waals surface area contributed by atoms with Gasteiger partial charge in [0.25, 0.3) is 5.69 Å². The average molecular weight is 304 g/mol. The Labute approximate surface area is 121 Å². The van der Waals surface area contributed by atoms with Crippen molar-refractivity contribution in [3.8, 4) is 0 Å². The fraction of sp³-hybridized carbons (Fsp3) is 0. The van der Waals surface area contributed by atoms with Gasteiger partial charge in [-0.15, -0.1) is 0 Å². The Morgan fingerprint density at radius 3 is 2.27 bits per heavy atom. The summed E-state index contributed by atoms with van der Waals surface area (Å²) in [5.41, 5.74) is -3.32. The van der Waals surface area contributed by atoms with Crippen molar-refractivity contribution >= 4 is 23.5 Å². The Morgan fingerprint density at radius 1 is 0.955 bits per heavy atom. The molecule has 22 heavy (non-hydrogen) atoms. The summed E-state index contributed by atoms with van der Waals surface area (Å²) in [5, 5.41) is 21.7. The Balaban J connectivity index is 2.57. The molecule has 0 atom stereocenters. The molecule has 2 rings (SSSR count). The fourth-order valence-corrected chi connectivity index (χ4v) is 1.77. The molecular formula is C12H8N4O6. The Hall–Kier alpha value is -3.56. The molecule has 0 aliphatic rings. The summed E-state index contributed by atoms with van der Waals surface area (Å²) in [6, 6.07) is 5.69. The third-order valence-electron chi connectivity index (χ3n) is 2.69. The highest BCUT2D eigenvalue weighted by Crippen LogP contribution is 2.21. The number of nitrogens with zero attached hydrogens (tertiary/aromatic N) is 2. The van der Waals surface area contributed by atoms with E-state index in [4.69, 9.17) is 0 Å². The highest BCUT2D eigenvalue weighted by molar-refractivity contribution is 5.75. The van der Waals surface area contributed by atoms with Gasteiger partial charge >= 0.3 is 16.9 Å². The van der Waals surface area contributed by atoms with Gasteiger partial charge in [0.05, 0.1) is 15.4 Å². The molecule has 0 amide bonds. The molecule has 0 aliphatic carbocycles.